The van der Waals surface area contributed by atoms with Crippen molar-refractivity contribution < 1.29 is 22.7 Å². The van der Waals surface area contributed by atoms with Gasteiger partial charge in [-0.3, -0.25) is 4.79 Å². The summed E-state index contributed by atoms with van der Waals surface area (Å²) in [6.07, 6.45) is -0.597. The molecule has 1 aliphatic heterocycles. The number of nitrogens with zero attached hydrogens (tertiary/aromatic N) is 2. The molecule has 1 saturated heterocycles. The third kappa shape index (κ3) is 4.97. The Morgan fingerprint density at radius 3 is 2.38 bits per heavy atom. The fourth-order valence-electron chi connectivity index (χ4n) is 4.85. The number of carbonyl (C=O) groups is 1. The summed E-state index contributed by atoms with van der Waals surface area (Å²) < 4.78 is 32.6. The molecular formula is C28H29N3O5S. The van der Waals surface area contributed by atoms with E-state index in [0.29, 0.717) is 17.5 Å². The van der Waals surface area contributed by atoms with Crippen LogP contribution in [0.15, 0.2) is 94.2 Å². The first-order chi connectivity index (χ1) is 17.9. The van der Waals surface area contributed by atoms with Gasteiger partial charge in [0.2, 0.25) is 11.8 Å². The molecule has 3 aromatic carbocycles. The second kappa shape index (κ2) is 10.4. The van der Waals surface area contributed by atoms with Crippen molar-refractivity contribution in [3.8, 4) is 0 Å². The van der Waals surface area contributed by atoms with Crippen LogP contribution in [0.25, 0.3) is 11.1 Å². The normalized spacial score (nSPS) is 19.6. The molecule has 1 fully saturated rings. The molecule has 0 spiro atoms. The van der Waals surface area contributed by atoms with E-state index >= 15 is 0 Å². The van der Waals surface area contributed by atoms with E-state index in [1.54, 1.807) is 42.5 Å². The van der Waals surface area contributed by atoms with Gasteiger partial charge in [0.05, 0.1) is 16.2 Å². The predicted molar refractivity (Wildman–Crippen MR) is 141 cm³/mol. The number of fused-ring (bicyclic) bond motifs is 1. The molecule has 37 heavy (non-hydrogen) atoms. The lowest BCUT2D eigenvalue weighted by molar-refractivity contribution is -0.124. The molecule has 1 aliphatic rings. The summed E-state index contributed by atoms with van der Waals surface area (Å²) in [4.78, 5) is 20.0. The van der Waals surface area contributed by atoms with Crippen LogP contribution in [0.1, 0.15) is 31.8 Å². The minimum atomic E-state index is -3.65. The molecule has 8 nitrogen and oxygen atoms in total. The summed E-state index contributed by atoms with van der Waals surface area (Å²) in [5.74, 6) is -0.221. The average Bonchev–Trinajstić information content (AvgIpc) is 3.58. The second-order valence-corrected chi connectivity index (χ2v) is 11.4. The monoisotopic (exact) mass is 519 g/mol. The lowest BCUT2D eigenvalue weighted by atomic mass is 10.1. The molecule has 192 valence electrons. The van der Waals surface area contributed by atoms with Crippen LogP contribution in [0.4, 0.5) is 5.69 Å². The van der Waals surface area contributed by atoms with Crippen molar-refractivity contribution in [3.05, 3.63) is 90.8 Å². The average molecular weight is 520 g/mol. The Bertz CT molecular complexity index is 1440. The first-order valence-corrected chi connectivity index (χ1v) is 13.9. The summed E-state index contributed by atoms with van der Waals surface area (Å²) in [7, 11) is -3.65. The van der Waals surface area contributed by atoms with Gasteiger partial charge in [-0.15, -0.1) is 0 Å². The zero-order valence-corrected chi connectivity index (χ0v) is 21.2. The Hall–Kier alpha value is -3.69. The number of rotatable bonds is 8. The molecule has 0 saturated carbocycles. The molecule has 4 aromatic rings. The first-order valence-electron chi connectivity index (χ1n) is 12.3. The second-order valence-electron chi connectivity index (χ2n) is 9.21. The zero-order chi connectivity index (χ0) is 26.0. The fraction of sp³-hybridized carbons (Fsp3) is 0.286. The maximum absolute atomic E-state index is 13.6. The van der Waals surface area contributed by atoms with Crippen molar-refractivity contribution in [1.29, 1.82) is 0 Å². The molecule has 9 heteroatoms. The van der Waals surface area contributed by atoms with E-state index in [1.807, 2.05) is 54.3 Å². The number of hydrogen-bond acceptors (Lipinski definition) is 7. The molecule has 1 amide bonds. The Morgan fingerprint density at radius 1 is 1.05 bits per heavy atom. The van der Waals surface area contributed by atoms with Crippen LogP contribution in [0.5, 0.6) is 0 Å². The Morgan fingerprint density at radius 2 is 1.70 bits per heavy atom. The Labute approximate surface area is 215 Å². The van der Waals surface area contributed by atoms with E-state index in [1.165, 1.54) is 0 Å². The van der Waals surface area contributed by atoms with E-state index in [4.69, 9.17) is 4.42 Å². The number of nitrogens with one attached hydrogen (secondary N) is 1. The zero-order valence-electron chi connectivity index (χ0n) is 20.4. The van der Waals surface area contributed by atoms with Crippen molar-refractivity contribution >= 4 is 32.5 Å². The summed E-state index contributed by atoms with van der Waals surface area (Å²) >= 11 is 0. The first kappa shape index (κ1) is 25.0. The van der Waals surface area contributed by atoms with Crippen LogP contribution in [-0.2, 0) is 14.6 Å². The van der Waals surface area contributed by atoms with E-state index in [9.17, 15) is 18.3 Å². The Balaban J connectivity index is 1.39. The van der Waals surface area contributed by atoms with Gasteiger partial charge < -0.3 is 19.7 Å². The molecule has 2 unspecified atom stereocenters. The van der Waals surface area contributed by atoms with Gasteiger partial charge in [-0.1, -0.05) is 55.5 Å². The number of carbonyl (C=O) groups excluding carboxylic acids is 1. The van der Waals surface area contributed by atoms with E-state index < -0.39 is 33.3 Å². The molecule has 0 radical (unpaired) electrons. The van der Waals surface area contributed by atoms with Gasteiger partial charge in [0.15, 0.2) is 21.5 Å². The van der Waals surface area contributed by atoms with Crippen LogP contribution in [0.2, 0.25) is 0 Å². The van der Waals surface area contributed by atoms with Crippen LogP contribution in [0.3, 0.4) is 0 Å². The lowest BCUT2D eigenvalue weighted by Crippen LogP contribution is -2.48. The number of aliphatic hydroxyl groups is 1. The number of para-hydroxylation sites is 3. The number of aromatic nitrogens is 1. The van der Waals surface area contributed by atoms with Crippen molar-refractivity contribution in [2.24, 2.45) is 0 Å². The summed E-state index contributed by atoms with van der Waals surface area (Å²) in [6.45, 7) is 2.03. The molecule has 0 bridgehead atoms. The van der Waals surface area contributed by atoms with E-state index in [0.717, 1.165) is 5.69 Å². The van der Waals surface area contributed by atoms with E-state index in [-0.39, 0.29) is 29.7 Å². The molecular weight excluding hydrogens is 490 g/mol. The molecule has 1 aromatic heterocycles. The Kier molecular flexibility index (Phi) is 6.99. The quantitative estimate of drug-likeness (QED) is 0.363. The number of anilines is 1. The molecule has 4 atom stereocenters. The van der Waals surface area contributed by atoms with Gasteiger partial charge in [0.1, 0.15) is 11.6 Å². The number of sulfone groups is 1. The van der Waals surface area contributed by atoms with Gasteiger partial charge in [-0.05, 0) is 49.2 Å². The highest BCUT2D eigenvalue weighted by molar-refractivity contribution is 7.92. The fourth-order valence-corrected chi connectivity index (χ4v) is 6.56. The molecule has 2 heterocycles. The minimum Gasteiger partial charge on any atom is -0.438 e. The van der Waals surface area contributed by atoms with Crippen molar-refractivity contribution in [2.75, 3.05) is 11.4 Å². The predicted octanol–water partition coefficient (Wildman–Crippen LogP) is 3.88. The topological polar surface area (TPSA) is 113 Å². The number of aliphatic hydroxyl groups excluding tert-OH is 1. The smallest absolute Gasteiger partial charge is 0.243 e. The van der Waals surface area contributed by atoms with E-state index in [2.05, 4.69) is 10.3 Å². The molecule has 0 aliphatic carbocycles. The van der Waals surface area contributed by atoms with Gasteiger partial charge in [0, 0.05) is 12.2 Å². The third-order valence-electron chi connectivity index (χ3n) is 6.88. The number of amides is 1. The highest BCUT2D eigenvalue weighted by Gasteiger charge is 2.44. The highest BCUT2D eigenvalue weighted by Crippen LogP contribution is 2.32. The highest BCUT2D eigenvalue weighted by atomic mass is 32.2. The summed E-state index contributed by atoms with van der Waals surface area (Å²) in [5, 5.41) is 13.2. The number of oxazole rings is 1. The van der Waals surface area contributed by atoms with Gasteiger partial charge >= 0.3 is 0 Å². The van der Waals surface area contributed by atoms with Gasteiger partial charge in [-0.2, -0.15) is 0 Å². The minimum absolute atomic E-state index is 0.129. The summed E-state index contributed by atoms with van der Waals surface area (Å²) in [6, 6.07) is 23.5. The van der Waals surface area contributed by atoms with Crippen LogP contribution < -0.4 is 10.2 Å². The lowest BCUT2D eigenvalue weighted by Gasteiger charge is -2.28. The maximum atomic E-state index is 13.6. The largest absolute Gasteiger partial charge is 0.438 e. The number of benzene rings is 3. The number of hydrogen-bond donors (Lipinski definition) is 2. The maximum Gasteiger partial charge on any atom is 0.243 e. The van der Waals surface area contributed by atoms with Gasteiger partial charge in [0.25, 0.3) is 0 Å². The SMILES string of the molecule is CCC(NC(=O)[C@@H]1C[C@@H](S(=O)(=O)c2ccccc2)CN1c1ccccc1)C(O)c1nc2ccccc2o1. The molecule has 5 rings (SSSR count). The van der Waals surface area contributed by atoms with Gasteiger partial charge in [-0.25, -0.2) is 13.4 Å². The van der Waals surface area contributed by atoms with Crippen molar-refractivity contribution in [3.63, 3.8) is 0 Å². The van der Waals surface area contributed by atoms with Crippen LogP contribution in [-0.4, -0.2) is 48.3 Å². The third-order valence-corrected chi connectivity index (χ3v) is 9.02. The van der Waals surface area contributed by atoms with Crippen molar-refractivity contribution in [2.45, 2.75) is 48.1 Å². The van der Waals surface area contributed by atoms with Crippen LogP contribution in [0, 0.1) is 0 Å². The van der Waals surface area contributed by atoms with Crippen molar-refractivity contribution in [1.82, 2.24) is 10.3 Å². The summed E-state index contributed by atoms with van der Waals surface area (Å²) in [5.41, 5.74) is 1.94. The van der Waals surface area contributed by atoms with Crippen LogP contribution >= 0.6 is 0 Å². The standard InChI is InChI=1S/C28H29N3O5S/c1-2-22(26(32)28-30-23-15-9-10-16-25(23)36-28)29-27(33)24-17-21(18-31(24)19-11-5-3-6-12-19)37(34,35)20-13-7-4-8-14-20/h3-16,21-22,24,26,32H,2,17-18H2,1H3,(H,29,33)/t21-,22?,24+,26?/m1/s1. The molecule has 2 N–H and O–H groups in total.